The zero-order valence-corrected chi connectivity index (χ0v) is 14.5. The molecule has 1 unspecified atom stereocenters. The van der Waals surface area contributed by atoms with Crippen molar-refractivity contribution in [3.05, 3.63) is 12.2 Å². The highest BCUT2D eigenvalue weighted by Gasteiger charge is 2.39. The molecule has 5 heteroatoms. The number of aliphatic hydroxyl groups excluding tert-OH is 1. The second kappa shape index (κ2) is 7.90. The molecular weight excluding hydrogens is 264 g/mol. The molecule has 0 saturated heterocycles. The van der Waals surface area contributed by atoms with E-state index in [1.54, 1.807) is 6.33 Å². The quantitative estimate of drug-likeness (QED) is 0.761. The van der Waals surface area contributed by atoms with Crippen LogP contribution < -0.4 is 0 Å². The number of hydrogen-bond donors (Lipinski definition) is 1. The van der Waals surface area contributed by atoms with Gasteiger partial charge in [0, 0.05) is 18.0 Å². The van der Waals surface area contributed by atoms with E-state index < -0.39 is 6.10 Å². The van der Waals surface area contributed by atoms with Gasteiger partial charge in [-0.3, -0.25) is 4.90 Å². The summed E-state index contributed by atoms with van der Waals surface area (Å²) in [5, 5.41) is 15.2. The number of likely N-dealkylation sites (N-methyl/N-ethyl adjacent to an activating group) is 1. The summed E-state index contributed by atoms with van der Waals surface area (Å²) in [6.07, 6.45) is 3.56. The average Bonchev–Trinajstić information content (AvgIpc) is 2.93. The van der Waals surface area contributed by atoms with Crippen LogP contribution in [0.5, 0.6) is 0 Å². The summed E-state index contributed by atoms with van der Waals surface area (Å²) in [6, 6.07) is 0.265. The van der Waals surface area contributed by atoms with Crippen LogP contribution in [0.4, 0.5) is 0 Å². The Hall–Kier alpha value is -0.940. The van der Waals surface area contributed by atoms with Crippen molar-refractivity contribution in [2.45, 2.75) is 78.5 Å². The maximum atomic E-state index is 10.9. The highest BCUT2D eigenvalue weighted by Crippen LogP contribution is 2.30. The molecule has 1 N–H and O–H groups in total. The Bertz CT molecular complexity index is 408. The van der Waals surface area contributed by atoms with Crippen molar-refractivity contribution in [3.63, 3.8) is 0 Å². The summed E-state index contributed by atoms with van der Waals surface area (Å²) >= 11 is 0. The fourth-order valence-electron chi connectivity index (χ4n) is 3.45. The fourth-order valence-corrected chi connectivity index (χ4v) is 3.45. The highest BCUT2D eigenvalue weighted by molar-refractivity contribution is 5.00. The van der Waals surface area contributed by atoms with Crippen LogP contribution in [0, 0.1) is 0 Å². The lowest BCUT2D eigenvalue weighted by Gasteiger charge is -2.45. The van der Waals surface area contributed by atoms with E-state index >= 15 is 0 Å². The first kappa shape index (κ1) is 18.1. The fraction of sp³-hybridized carbons (Fsp3) is 0.875. The molecule has 0 fully saturated rings. The summed E-state index contributed by atoms with van der Waals surface area (Å²) in [6.45, 7) is 14.7. The van der Waals surface area contributed by atoms with E-state index in [1.165, 1.54) is 0 Å². The van der Waals surface area contributed by atoms with Gasteiger partial charge >= 0.3 is 0 Å². The molecule has 1 atom stereocenters. The van der Waals surface area contributed by atoms with E-state index in [4.69, 9.17) is 0 Å². The van der Waals surface area contributed by atoms with Gasteiger partial charge in [0.25, 0.3) is 0 Å². The van der Waals surface area contributed by atoms with Crippen LogP contribution in [0.1, 0.15) is 66.3 Å². The summed E-state index contributed by atoms with van der Waals surface area (Å²) in [5.74, 6) is 0.871. The molecule has 0 bridgehead atoms. The lowest BCUT2D eigenvalue weighted by atomic mass is 9.82. The van der Waals surface area contributed by atoms with Crippen molar-refractivity contribution >= 4 is 0 Å². The van der Waals surface area contributed by atoms with Crippen LogP contribution in [0.3, 0.4) is 0 Å². The molecule has 0 aliphatic rings. The lowest BCUT2D eigenvalue weighted by molar-refractivity contribution is -0.0354. The summed E-state index contributed by atoms with van der Waals surface area (Å²) in [7, 11) is 0. The molecule has 0 spiro atoms. The Morgan fingerprint density at radius 1 is 1.19 bits per heavy atom. The smallest absolute Gasteiger partial charge is 0.138 e. The second-order valence-electron chi connectivity index (χ2n) is 5.92. The molecule has 122 valence electrons. The van der Waals surface area contributed by atoms with Gasteiger partial charge in [-0.2, -0.15) is 5.10 Å². The zero-order chi connectivity index (χ0) is 16.0. The summed E-state index contributed by atoms with van der Waals surface area (Å²) < 4.78 is 1.90. The number of aliphatic hydroxyl groups is 1. The summed E-state index contributed by atoms with van der Waals surface area (Å²) in [5.41, 5.74) is -0.183. The minimum atomic E-state index is -0.436. The Kier molecular flexibility index (Phi) is 6.81. The van der Waals surface area contributed by atoms with E-state index in [2.05, 4.69) is 56.5 Å². The van der Waals surface area contributed by atoms with Crippen LogP contribution in [0.15, 0.2) is 6.33 Å². The van der Waals surface area contributed by atoms with Gasteiger partial charge in [0.15, 0.2) is 0 Å². The van der Waals surface area contributed by atoms with Crippen molar-refractivity contribution < 1.29 is 5.11 Å². The third kappa shape index (κ3) is 3.64. The standard InChI is InChI=1S/C16H32N4O/c1-7-16(8-2,19(9-3)10-4)14(21)11-15-17-12-18-20(15)13(5)6/h12-14,21H,7-11H2,1-6H3. The molecule has 1 aromatic rings. The Balaban J connectivity index is 3.01. The molecule has 1 aromatic heterocycles. The number of rotatable bonds is 9. The van der Waals surface area contributed by atoms with Gasteiger partial charge in [-0.15, -0.1) is 0 Å². The van der Waals surface area contributed by atoms with Gasteiger partial charge in [0.2, 0.25) is 0 Å². The monoisotopic (exact) mass is 296 g/mol. The highest BCUT2D eigenvalue weighted by atomic mass is 16.3. The van der Waals surface area contributed by atoms with E-state index in [-0.39, 0.29) is 11.6 Å². The third-order valence-corrected chi connectivity index (χ3v) is 4.75. The molecule has 0 aromatic carbocycles. The lowest BCUT2D eigenvalue weighted by Crippen LogP contribution is -2.56. The molecule has 0 aliphatic carbocycles. The van der Waals surface area contributed by atoms with Crippen molar-refractivity contribution in [2.75, 3.05) is 13.1 Å². The molecule has 0 aliphatic heterocycles. The van der Waals surface area contributed by atoms with Crippen molar-refractivity contribution in [2.24, 2.45) is 0 Å². The number of nitrogens with zero attached hydrogens (tertiary/aromatic N) is 4. The first-order valence-corrected chi connectivity index (χ1v) is 8.28. The summed E-state index contributed by atoms with van der Waals surface area (Å²) in [4.78, 5) is 6.73. The third-order valence-electron chi connectivity index (χ3n) is 4.75. The number of aromatic nitrogens is 3. The zero-order valence-electron chi connectivity index (χ0n) is 14.5. The molecule has 0 saturated carbocycles. The Labute approximate surface area is 129 Å². The van der Waals surface area contributed by atoms with Crippen LogP contribution in [-0.2, 0) is 6.42 Å². The average molecular weight is 296 g/mol. The first-order valence-electron chi connectivity index (χ1n) is 8.28. The van der Waals surface area contributed by atoms with E-state index in [9.17, 15) is 5.11 Å². The number of hydrogen-bond acceptors (Lipinski definition) is 4. The Morgan fingerprint density at radius 2 is 1.76 bits per heavy atom. The molecule has 0 amide bonds. The normalized spacial score (nSPS) is 14.1. The van der Waals surface area contributed by atoms with E-state index in [0.717, 1.165) is 31.8 Å². The van der Waals surface area contributed by atoms with Gasteiger partial charge < -0.3 is 5.11 Å². The minimum Gasteiger partial charge on any atom is -0.391 e. The topological polar surface area (TPSA) is 54.2 Å². The van der Waals surface area contributed by atoms with Crippen LogP contribution in [0.25, 0.3) is 0 Å². The second-order valence-corrected chi connectivity index (χ2v) is 5.92. The van der Waals surface area contributed by atoms with Gasteiger partial charge in [0.1, 0.15) is 12.2 Å². The SMILES string of the molecule is CCN(CC)C(CC)(CC)C(O)Cc1ncnn1C(C)C. The molecule has 0 radical (unpaired) electrons. The van der Waals surface area contributed by atoms with Crippen LogP contribution >= 0.6 is 0 Å². The maximum Gasteiger partial charge on any atom is 0.138 e. The molecular formula is C16H32N4O. The van der Waals surface area contributed by atoms with Crippen molar-refractivity contribution in [1.29, 1.82) is 0 Å². The first-order chi connectivity index (χ1) is 9.96. The predicted molar refractivity (Wildman–Crippen MR) is 86.4 cm³/mol. The van der Waals surface area contributed by atoms with Gasteiger partial charge in [-0.05, 0) is 39.8 Å². The minimum absolute atomic E-state index is 0.183. The van der Waals surface area contributed by atoms with Crippen molar-refractivity contribution in [1.82, 2.24) is 19.7 Å². The van der Waals surface area contributed by atoms with Crippen LogP contribution in [-0.4, -0.2) is 49.5 Å². The molecule has 1 heterocycles. The maximum absolute atomic E-state index is 10.9. The largest absolute Gasteiger partial charge is 0.391 e. The molecule has 5 nitrogen and oxygen atoms in total. The van der Waals surface area contributed by atoms with E-state index in [0.29, 0.717) is 6.42 Å². The predicted octanol–water partition coefficient (Wildman–Crippen LogP) is 2.66. The van der Waals surface area contributed by atoms with Gasteiger partial charge in [-0.1, -0.05) is 27.7 Å². The van der Waals surface area contributed by atoms with Crippen LogP contribution in [0.2, 0.25) is 0 Å². The molecule has 21 heavy (non-hydrogen) atoms. The molecule has 1 rings (SSSR count). The van der Waals surface area contributed by atoms with Gasteiger partial charge in [-0.25, -0.2) is 9.67 Å². The van der Waals surface area contributed by atoms with Crippen molar-refractivity contribution in [3.8, 4) is 0 Å². The van der Waals surface area contributed by atoms with Gasteiger partial charge in [0.05, 0.1) is 6.10 Å². The van der Waals surface area contributed by atoms with E-state index in [1.807, 2.05) is 4.68 Å². The Morgan fingerprint density at radius 3 is 2.19 bits per heavy atom.